The molecule has 1 aromatic heterocycles. The van der Waals surface area contributed by atoms with Crippen molar-refractivity contribution in [3.63, 3.8) is 0 Å². The summed E-state index contributed by atoms with van der Waals surface area (Å²) in [5.74, 6) is 0.130. The third-order valence-corrected chi connectivity index (χ3v) is 5.27. The Balaban J connectivity index is 1.53. The number of carbonyl (C=O) groups is 1. The van der Waals surface area contributed by atoms with Crippen molar-refractivity contribution in [1.29, 1.82) is 5.41 Å². The molecule has 0 atom stereocenters. The monoisotopic (exact) mass is 462 g/mol. The highest BCUT2D eigenvalue weighted by Crippen LogP contribution is 2.16. The van der Waals surface area contributed by atoms with Crippen LogP contribution in [0.15, 0.2) is 59.5 Å². The fraction of sp³-hybridized carbons (Fsp3) is 0.250. The van der Waals surface area contributed by atoms with Crippen LogP contribution in [0.5, 0.6) is 0 Å². The van der Waals surface area contributed by atoms with Crippen molar-refractivity contribution >= 4 is 23.6 Å². The Bertz CT molecular complexity index is 1190. The molecule has 34 heavy (non-hydrogen) atoms. The van der Waals surface area contributed by atoms with Crippen LogP contribution in [0.3, 0.4) is 0 Å². The van der Waals surface area contributed by atoms with Gasteiger partial charge in [-0.2, -0.15) is 4.98 Å². The zero-order valence-electron chi connectivity index (χ0n) is 19.3. The summed E-state index contributed by atoms with van der Waals surface area (Å²) in [5.41, 5.74) is 8.81. The van der Waals surface area contributed by atoms with Gasteiger partial charge in [0.2, 0.25) is 5.95 Å². The SMILES string of the molecule is Cc1ccccc1NC(=O)Nc1nc(=O)c(-c2ccc(CNCCCN(C)C(=N)N)cc2)c[nH]1. The van der Waals surface area contributed by atoms with Crippen LogP contribution in [0, 0.1) is 12.3 Å². The van der Waals surface area contributed by atoms with E-state index in [2.05, 4.69) is 25.9 Å². The minimum absolute atomic E-state index is 0.0643. The number of nitrogens with one attached hydrogen (secondary N) is 5. The van der Waals surface area contributed by atoms with Crippen molar-refractivity contribution in [2.45, 2.75) is 19.9 Å². The molecule has 0 saturated carbocycles. The second-order valence-corrected chi connectivity index (χ2v) is 7.90. The highest BCUT2D eigenvalue weighted by molar-refractivity contribution is 5.99. The van der Waals surface area contributed by atoms with Crippen LogP contribution in [0.2, 0.25) is 0 Å². The molecule has 2 amide bonds. The maximum Gasteiger partial charge on any atom is 0.326 e. The number of nitrogens with zero attached hydrogens (tertiary/aromatic N) is 2. The number of rotatable bonds is 9. The molecule has 0 aliphatic carbocycles. The number of aromatic nitrogens is 2. The number of guanidine groups is 1. The van der Waals surface area contributed by atoms with Gasteiger partial charge in [0.1, 0.15) is 0 Å². The molecule has 0 aliphatic rings. The quantitative estimate of drug-likeness (QED) is 0.163. The first-order valence-electron chi connectivity index (χ1n) is 10.9. The zero-order valence-corrected chi connectivity index (χ0v) is 19.3. The molecule has 3 aromatic rings. The smallest absolute Gasteiger partial charge is 0.326 e. The van der Waals surface area contributed by atoms with Crippen LogP contribution in [-0.2, 0) is 6.54 Å². The molecule has 178 valence electrons. The van der Waals surface area contributed by atoms with Gasteiger partial charge in [-0.25, -0.2) is 4.79 Å². The standard InChI is InChI=1S/C24H30N8O2/c1-16-6-3-4-7-20(16)29-24(34)31-23-28-15-19(21(33)30-23)18-10-8-17(9-11-18)14-27-12-5-13-32(2)22(25)26/h3-4,6-11,15,27H,5,12-14H2,1-2H3,(H3,25,26)(H3,28,29,30,31,33,34). The van der Waals surface area contributed by atoms with E-state index < -0.39 is 11.6 Å². The van der Waals surface area contributed by atoms with E-state index in [0.29, 0.717) is 17.8 Å². The van der Waals surface area contributed by atoms with E-state index in [-0.39, 0.29) is 11.9 Å². The number of aromatic amines is 1. The van der Waals surface area contributed by atoms with Gasteiger partial charge >= 0.3 is 6.03 Å². The predicted molar refractivity (Wildman–Crippen MR) is 135 cm³/mol. The fourth-order valence-electron chi connectivity index (χ4n) is 3.24. The van der Waals surface area contributed by atoms with Gasteiger partial charge in [0, 0.05) is 32.0 Å². The fourth-order valence-corrected chi connectivity index (χ4v) is 3.24. The van der Waals surface area contributed by atoms with Crippen LogP contribution >= 0.6 is 0 Å². The number of para-hydroxylation sites is 1. The third-order valence-electron chi connectivity index (χ3n) is 5.27. The number of anilines is 2. The lowest BCUT2D eigenvalue weighted by Crippen LogP contribution is -2.34. The Morgan fingerprint density at radius 1 is 1.15 bits per heavy atom. The number of benzene rings is 2. The van der Waals surface area contributed by atoms with Gasteiger partial charge in [0.05, 0.1) is 5.56 Å². The number of hydrogen-bond acceptors (Lipinski definition) is 5. The summed E-state index contributed by atoms with van der Waals surface area (Å²) >= 11 is 0. The normalized spacial score (nSPS) is 10.5. The van der Waals surface area contributed by atoms with Crippen molar-refractivity contribution in [3.05, 3.63) is 76.2 Å². The lowest BCUT2D eigenvalue weighted by atomic mass is 10.1. The van der Waals surface area contributed by atoms with E-state index in [0.717, 1.165) is 36.2 Å². The summed E-state index contributed by atoms with van der Waals surface area (Å²) in [6.45, 7) is 4.10. The van der Waals surface area contributed by atoms with Crippen molar-refractivity contribution < 1.29 is 4.79 Å². The van der Waals surface area contributed by atoms with E-state index in [1.807, 2.05) is 49.4 Å². The molecule has 0 spiro atoms. The van der Waals surface area contributed by atoms with Gasteiger partial charge in [-0.05, 0) is 42.6 Å². The number of nitrogens with two attached hydrogens (primary N) is 1. The lowest BCUT2D eigenvalue weighted by Gasteiger charge is -2.16. The largest absolute Gasteiger partial charge is 0.370 e. The summed E-state index contributed by atoms with van der Waals surface area (Å²) in [4.78, 5) is 33.3. The van der Waals surface area contributed by atoms with Crippen LogP contribution in [0.1, 0.15) is 17.5 Å². The van der Waals surface area contributed by atoms with Crippen molar-refractivity contribution in [2.75, 3.05) is 30.8 Å². The average Bonchev–Trinajstić information content (AvgIpc) is 2.81. The van der Waals surface area contributed by atoms with E-state index >= 15 is 0 Å². The van der Waals surface area contributed by atoms with Crippen LogP contribution in [0.25, 0.3) is 11.1 Å². The Hall–Kier alpha value is -4.18. The molecule has 0 saturated heterocycles. The van der Waals surface area contributed by atoms with E-state index in [9.17, 15) is 9.59 Å². The van der Waals surface area contributed by atoms with E-state index in [1.54, 1.807) is 18.0 Å². The minimum atomic E-state index is -0.491. The van der Waals surface area contributed by atoms with Gasteiger partial charge < -0.3 is 26.3 Å². The molecule has 0 bridgehead atoms. The molecule has 0 fully saturated rings. The van der Waals surface area contributed by atoms with Gasteiger partial charge in [-0.15, -0.1) is 0 Å². The highest BCUT2D eigenvalue weighted by Gasteiger charge is 2.09. The summed E-state index contributed by atoms with van der Waals surface area (Å²) in [6.07, 6.45) is 2.41. The first-order chi connectivity index (χ1) is 16.3. The maximum absolute atomic E-state index is 12.5. The van der Waals surface area contributed by atoms with Crippen molar-refractivity contribution in [3.8, 4) is 11.1 Å². The van der Waals surface area contributed by atoms with Crippen LogP contribution in [0.4, 0.5) is 16.4 Å². The number of aryl methyl sites for hydroxylation is 1. The van der Waals surface area contributed by atoms with E-state index in [4.69, 9.17) is 11.1 Å². The minimum Gasteiger partial charge on any atom is -0.370 e. The van der Waals surface area contributed by atoms with Crippen LogP contribution in [-0.4, -0.2) is 47.0 Å². The highest BCUT2D eigenvalue weighted by atomic mass is 16.2. The zero-order chi connectivity index (χ0) is 24.5. The third kappa shape index (κ3) is 6.91. The van der Waals surface area contributed by atoms with Gasteiger partial charge in [0.25, 0.3) is 5.56 Å². The number of hydrogen-bond donors (Lipinski definition) is 6. The topological polar surface area (TPSA) is 152 Å². The molecule has 0 unspecified atom stereocenters. The number of urea groups is 1. The van der Waals surface area contributed by atoms with E-state index in [1.165, 1.54) is 6.20 Å². The Morgan fingerprint density at radius 3 is 2.56 bits per heavy atom. The Morgan fingerprint density at radius 2 is 1.88 bits per heavy atom. The molecule has 2 aromatic carbocycles. The molecule has 3 rings (SSSR count). The Labute approximate surface area is 198 Å². The summed E-state index contributed by atoms with van der Waals surface area (Å²) in [5, 5.41) is 16.0. The predicted octanol–water partition coefficient (Wildman–Crippen LogP) is 2.69. The molecule has 10 heteroatoms. The second kappa shape index (κ2) is 11.6. The average molecular weight is 463 g/mol. The first kappa shape index (κ1) is 24.5. The summed E-state index contributed by atoms with van der Waals surface area (Å²) < 4.78 is 0. The van der Waals surface area contributed by atoms with Crippen molar-refractivity contribution in [2.24, 2.45) is 5.73 Å². The van der Waals surface area contributed by atoms with Gasteiger partial charge in [-0.3, -0.25) is 15.5 Å². The summed E-state index contributed by atoms with van der Waals surface area (Å²) in [7, 11) is 1.79. The lowest BCUT2D eigenvalue weighted by molar-refractivity contribution is 0.262. The Kier molecular flexibility index (Phi) is 8.36. The summed E-state index contributed by atoms with van der Waals surface area (Å²) in [6, 6.07) is 14.5. The van der Waals surface area contributed by atoms with Gasteiger partial charge in [-0.1, -0.05) is 42.5 Å². The molecule has 0 radical (unpaired) electrons. The van der Waals surface area contributed by atoms with Crippen LogP contribution < -0.4 is 27.2 Å². The molecule has 0 aliphatic heterocycles. The molecular weight excluding hydrogens is 432 g/mol. The maximum atomic E-state index is 12.5. The number of amides is 2. The molecular formula is C24H30N8O2. The van der Waals surface area contributed by atoms with Gasteiger partial charge in [0.15, 0.2) is 5.96 Å². The second-order valence-electron chi connectivity index (χ2n) is 7.90. The molecule has 7 N–H and O–H groups in total. The molecule has 10 nitrogen and oxygen atoms in total. The first-order valence-corrected chi connectivity index (χ1v) is 10.9. The number of H-pyrrole nitrogens is 1. The number of carbonyl (C=O) groups excluding carboxylic acids is 1. The molecule has 1 heterocycles. The van der Waals surface area contributed by atoms with Crippen molar-refractivity contribution in [1.82, 2.24) is 20.2 Å².